The van der Waals surface area contributed by atoms with Crippen molar-refractivity contribution in [2.75, 3.05) is 5.32 Å². The van der Waals surface area contributed by atoms with Crippen LogP contribution >= 0.6 is 0 Å². The van der Waals surface area contributed by atoms with Crippen molar-refractivity contribution in [2.45, 2.75) is 26.2 Å². The Morgan fingerprint density at radius 1 is 1.20 bits per heavy atom. The number of amides is 1. The summed E-state index contributed by atoms with van der Waals surface area (Å²) in [7, 11) is 0. The highest BCUT2D eigenvalue weighted by Gasteiger charge is 2.77. The zero-order chi connectivity index (χ0) is 17.3. The van der Waals surface area contributed by atoms with E-state index in [0.717, 1.165) is 30.5 Å². The third kappa shape index (κ3) is 1.65. The van der Waals surface area contributed by atoms with E-state index in [1.807, 2.05) is 36.4 Å². The molecule has 1 aromatic rings. The Labute approximate surface area is 146 Å². The molecule has 1 aromatic carbocycles. The number of anilines is 1. The number of ketones is 2. The lowest BCUT2D eigenvalue weighted by atomic mass is 9.60. The molecule has 6 atom stereocenters. The van der Waals surface area contributed by atoms with Crippen molar-refractivity contribution in [3.8, 4) is 0 Å². The molecular weight excluding hydrogens is 314 g/mol. The van der Waals surface area contributed by atoms with Crippen molar-refractivity contribution >= 4 is 23.2 Å². The molecule has 4 nitrogen and oxygen atoms in total. The van der Waals surface area contributed by atoms with Crippen LogP contribution in [0.25, 0.3) is 0 Å². The average molecular weight is 335 g/mol. The van der Waals surface area contributed by atoms with Crippen LogP contribution < -0.4 is 5.32 Å². The quantitative estimate of drug-likeness (QED) is 0.682. The smallest absolute Gasteiger partial charge is 0.232 e. The second-order valence-corrected chi connectivity index (χ2v) is 7.90. The van der Waals surface area contributed by atoms with Gasteiger partial charge >= 0.3 is 0 Å². The van der Waals surface area contributed by atoms with E-state index in [2.05, 4.69) is 12.2 Å². The maximum absolute atomic E-state index is 13.4. The van der Waals surface area contributed by atoms with Gasteiger partial charge in [0, 0.05) is 23.4 Å². The van der Waals surface area contributed by atoms with E-state index < -0.39 is 11.3 Å². The Morgan fingerprint density at radius 3 is 2.84 bits per heavy atom. The van der Waals surface area contributed by atoms with E-state index in [-0.39, 0.29) is 41.1 Å². The van der Waals surface area contributed by atoms with Crippen molar-refractivity contribution in [1.82, 2.24) is 0 Å². The molecule has 0 saturated heterocycles. The SMILES string of the molecule is CCc1cccc(NC(=O)C23C4C=CC(C4=O)C2C2CCC3C2=O)c1. The van der Waals surface area contributed by atoms with Gasteiger partial charge in [0.15, 0.2) is 0 Å². The van der Waals surface area contributed by atoms with Gasteiger partial charge in [-0.05, 0) is 42.9 Å². The molecule has 4 aliphatic rings. The molecule has 5 rings (SSSR count). The number of carbonyl (C=O) groups is 3. The Kier molecular flexibility index (Phi) is 2.95. The predicted molar refractivity (Wildman–Crippen MR) is 92.7 cm³/mol. The second-order valence-electron chi connectivity index (χ2n) is 7.90. The summed E-state index contributed by atoms with van der Waals surface area (Å²) in [5, 5.41) is 3.05. The molecule has 0 aliphatic heterocycles. The van der Waals surface area contributed by atoms with E-state index in [9.17, 15) is 14.4 Å². The highest BCUT2D eigenvalue weighted by molar-refractivity contribution is 6.11. The van der Waals surface area contributed by atoms with Crippen LogP contribution in [0.1, 0.15) is 25.3 Å². The molecule has 1 amide bonds. The molecule has 4 heteroatoms. The highest BCUT2D eigenvalue weighted by Crippen LogP contribution is 2.70. The fourth-order valence-electron chi connectivity index (χ4n) is 6.13. The number of hydrogen-bond acceptors (Lipinski definition) is 3. The standard InChI is InChI=1S/C21H21NO3/c1-2-11-4-3-5-12(10-11)22-20(25)21-15-8-6-13(18(15)23)17(21)14-7-9-16(21)19(14)24/h3-6,8,10,13-17H,2,7,9H2,1H3,(H,22,25). The van der Waals surface area contributed by atoms with E-state index in [4.69, 9.17) is 0 Å². The van der Waals surface area contributed by atoms with Crippen LogP contribution in [0.3, 0.4) is 0 Å². The Bertz CT molecular complexity index is 839. The third-order valence-corrected chi connectivity index (χ3v) is 7.07. The van der Waals surface area contributed by atoms with Crippen molar-refractivity contribution in [2.24, 2.45) is 35.0 Å². The van der Waals surface area contributed by atoms with Crippen molar-refractivity contribution < 1.29 is 14.4 Å². The summed E-state index contributed by atoms with van der Waals surface area (Å²) in [6, 6.07) is 7.81. The summed E-state index contributed by atoms with van der Waals surface area (Å²) in [6.07, 6.45) is 6.30. The first-order valence-corrected chi connectivity index (χ1v) is 9.25. The first-order valence-electron chi connectivity index (χ1n) is 9.25. The topological polar surface area (TPSA) is 63.2 Å². The van der Waals surface area contributed by atoms with Gasteiger partial charge in [0.05, 0.1) is 11.3 Å². The number of nitrogens with one attached hydrogen (secondary N) is 1. The molecule has 3 saturated carbocycles. The van der Waals surface area contributed by atoms with Gasteiger partial charge in [0.25, 0.3) is 0 Å². The highest BCUT2D eigenvalue weighted by atomic mass is 16.2. The van der Waals surface area contributed by atoms with Crippen LogP contribution in [0.4, 0.5) is 5.69 Å². The van der Waals surface area contributed by atoms with Gasteiger partial charge in [0.2, 0.25) is 5.91 Å². The number of benzene rings is 1. The lowest BCUT2D eigenvalue weighted by Gasteiger charge is -2.41. The molecule has 0 spiro atoms. The largest absolute Gasteiger partial charge is 0.326 e. The molecule has 3 fully saturated rings. The third-order valence-electron chi connectivity index (χ3n) is 7.07. The molecule has 4 aliphatic carbocycles. The number of fused-ring (bicyclic) bond motifs is 9. The fraction of sp³-hybridized carbons (Fsp3) is 0.476. The number of hydrogen-bond donors (Lipinski definition) is 1. The van der Waals surface area contributed by atoms with E-state index in [1.165, 1.54) is 0 Å². The Hall–Kier alpha value is -2.23. The molecular formula is C21H21NO3. The van der Waals surface area contributed by atoms with Crippen LogP contribution in [0, 0.1) is 35.0 Å². The lowest BCUT2D eigenvalue weighted by Crippen LogP contribution is -2.49. The van der Waals surface area contributed by atoms with Gasteiger partial charge in [-0.3, -0.25) is 14.4 Å². The van der Waals surface area contributed by atoms with Crippen LogP contribution in [-0.4, -0.2) is 17.5 Å². The molecule has 0 aromatic heterocycles. The summed E-state index contributed by atoms with van der Waals surface area (Å²) in [6.45, 7) is 2.07. The normalized spacial score (nSPS) is 40.0. The molecule has 1 N–H and O–H groups in total. The summed E-state index contributed by atoms with van der Waals surface area (Å²) in [5.74, 6) is -0.955. The lowest BCUT2D eigenvalue weighted by molar-refractivity contribution is -0.137. The maximum atomic E-state index is 13.4. The van der Waals surface area contributed by atoms with Crippen LogP contribution in [0.5, 0.6) is 0 Å². The number of rotatable bonds is 3. The first-order chi connectivity index (χ1) is 12.1. The van der Waals surface area contributed by atoms with Gasteiger partial charge < -0.3 is 5.32 Å². The number of Topliss-reactive ketones (excluding diaryl/α,β-unsaturated/α-hetero) is 2. The van der Waals surface area contributed by atoms with E-state index in [1.54, 1.807) is 0 Å². The number of carbonyl (C=O) groups excluding carboxylic acids is 3. The maximum Gasteiger partial charge on any atom is 0.232 e. The van der Waals surface area contributed by atoms with Crippen molar-refractivity contribution in [3.63, 3.8) is 0 Å². The van der Waals surface area contributed by atoms with Gasteiger partial charge in [-0.25, -0.2) is 0 Å². The predicted octanol–water partition coefficient (Wildman–Crippen LogP) is 2.78. The van der Waals surface area contributed by atoms with Gasteiger partial charge in [-0.15, -0.1) is 0 Å². The molecule has 0 radical (unpaired) electrons. The zero-order valence-corrected chi connectivity index (χ0v) is 14.2. The molecule has 6 unspecified atom stereocenters. The Morgan fingerprint density at radius 2 is 2.04 bits per heavy atom. The van der Waals surface area contributed by atoms with Crippen molar-refractivity contribution in [1.29, 1.82) is 0 Å². The van der Waals surface area contributed by atoms with Gasteiger partial charge in [-0.2, -0.15) is 0 Å². The van der Waals surface area contributed by atoms with Gasteiger partial charge in [0.1, 0.15) is 11.6 Å². The average Bonchev–Trinajstić information content (AvgIpc) is 3.32. The second kappa shape index (κ2) is 4.90. The summed E-state index contributed by atoms with van der Waals surface area (Å²) in [4.78, 5) is 38.9. The number of aryl methyl sites for hydroxylation is 1. The zero-order valence-electron chi connectivity index (χ0n) is 14.2. The van der Waals surface area contributed by atoms with Crippen LogP contribution in [-0.2, 0) is 20.8 Å². The Balaban J connectivity index is 1.56. The van der Waals surface area contributed by atoms with Crippen molar-refractivity contribution in [3.05, 3.63) is 42.0 Å². The minimum absolute atomic E-state index is 0.110. The van der Waals surface area contributed by atoms with Crippen LogP contribution in [0.2, 0.25) is 0 Å². The monoisotopic (exact) mass is 335 g/mol. The minimum atomic E-state index is -0.848. The first kappa shape index (κ1) is 15.1. The number of allylic oxidation sites excluding steroid dienone is 2. The molecule has 4 bridgehead atoms. The minimum Gasteiger partial charge on any atom is -0.326 e. The summed E-state index contributed by atoms with van der Waals surface area (Å²) < 4.78 is 0. The van der Waals surface area contributed by atoms with Crippen LogP contribution in [0.15, 0.2) is 36.4 Å². The van der Waals surface area contributed by atoms with E-state index in [0.29, 0.717) is 0 Å². The molecule has 128 valence electrons. The fourth-order valence-corrected chi connectivity index (χ4v) is 6.13. The molecule has 25 heavy (non-hydrogen) atoms. The van der Waals surface area contributed by atoms with Gasteiger partial charge in [-0.1, -0.05) is 31.2 Å². The summed E-state index contributed by atoms with van der Waals surface area (Å²) in [5.41, 5.74) is 1.06. The molecule has 0 heterocycles. The summed E-state index contributed by atoms with van der Waals surface area (Å²) >= 11 is 0. The van der Waals surface area contributed by atoms with E-state index >= 15 is 0 Å².